The Kier molecular flexibility index (Phi) is 7.17. The molecule has 1 atom stereocenters. The highest BCUT2D eigenvalue weighted by Crippen LogP contribution is 2.11. The molecule has 0 aliphatic carbocycles. The molecule has 21 heavy (non-hydrogen) atoms. The maximum absolute atomic E-state index is 12.6. The highest BCUT2D eigenvalue weighted by Gasteiger charge is 2.12. The molecule has 0 bridgehead atoms. The first-order chi connectivity index (χ1) is 9.99. The molecule has 0 aromatic heterocycles. The van der Waals surface area contributed by atoms with Gasteiger partial charge in [0.15, 0.2) is 6.10 Å². The van der Waals surface area contributed by atoms with Gasteiger partial charge in [0.05, 0.1) is 6.61 Å². The van der Waals surface area contributed by atoms with Crippen molar-refractivity contribution in [3.05, 3.63) is 30.1 Å². The number of hydrogen-bond donors (Lipinski definition) is 3. The number of carbonyl (C=O) groups excluding carboxylic acids is 1. The number of carboxylic acid groups (broad SMARTS) is 1. The molecule has 0 radical (unpaired) electrons. The molecule has 1 amide bonds. The van der Waals surface area contributed by atoms with Gasteiger partial charge in [0, 0.05) is 19.4 Å². The summed E-state index contributed by atoms with van der Waals surface area (Å²) in [4.78, 5) is 21.7. The third-order valence-corrected chi connectivity index (χ3v) is 2.66. The van der Waals surface area contributed by atoms with Crippen LogP contribution in [0.4, 0.5) is 4.39 Å². The van der Waals surface area contributed by atoms with Crippen LogP contribution in [0.3, 0.4) is 0 Å². The zero-order valence-corrected chi connectivity index (χ0v) is 11.4. The number of aliphatic hydroxyl groups excluding tert-OH is 1. The van der Waals surface area contributed by atoms with Crippen molar-refractivity contribution >= 4 is 11.9 Å². The molecule has 0 aliphatic heterocycles. The molecule has 0 saturated carbocycles. The molecule has 0 heterocycles. The molecule has 1 unspecified atom stereocenters. The first kappa shape index (κ1) is 16.9. The minimum absolute atomic E-state index is 0.0346. The first-order valence-corrected chi connectivity index (χ1v) is 6.55. The molecule has 3 N–H and O–H groups in total. The highest BCUT2D eigenvalue weighted by atomic mass is 19.1. The van der Waals surface area contributed by atoms with E-state index in [4.69, 9.17) is 14.9 Å². The van der Waals surface area contributed by atoms with Gasteiger partial charge in [-0.3, -0.25) is 4.79 Å². The van der Waals surface area contributed by atoms with Gasteiger partial charge in [-0.05, 0) is 30.7 Å². The van der Waals surface area contributed by atoms with Crippen LogP contribution >= 0.6 is 0 Å². The third-order valence-electron chi connectivity index (χ3n) is 2.66. The van der Waals surface area contributed by atoms with Crippen LogP contribution in [0.2, 0.25) is 0 Å². The SMILES string of the molecule is O=C(CCCOc1ccc(F)cc1)NCCC(O)C(=O)O. The van der Waals surface area contributed by atoms with E-state index >= 15 is 0 Å². The van der Waals surface area contributed by atoms with E-state index < -0.39 is 12.1 Å². The number of amides is 1. The average Bonchev–Trinajstić information content (AvgIpc) is 2.45. The predicted octanol–water partition coefficient (Wildman–Crippen LogP) is 0.936. The fourth-order valence-corrected chi connectivity index (χ4v) is 1.51. The van der Waals surface area contributed by atoms with Gasteiger partial charge in [-0.25, -0.2) is 9.18 Å². The van der Waals surface area contributed by atoms with Crippen molar-refractivity contribution in [1.29, 1.82) is 0 Å². The van der Waals surface area contributed by atoms with Crippen molar-refractivity contribution in [2.45, 2.75) is 25.4 Å². The number of carboxylic acids is 1. The maximum Gasteiger partial charge on any atom is 0.332 e. The van der Waals surface area contributed by atoms with Gasteiger partial charge in [-0.2, -0.15) is 0 Å². The molecule has 0 spiro atoms. The Morgan fingerprint density at radius 1 is 1.29 bits per heavy atom. The summed E-state index contributed by atoms with van der Waals surface area (Å²) in [5.41, 5.74) is 0. The summed E-state index contributed by atoms with van der Waals surface area (Å²) in [7, 11) is 0. The van der Waals surface area contributed by atoms with Gasteiger partial charge in [-0.1, -0.05) is 0 Å². The number of aliphatic hydroxyl groups is 1. The van der Waals surface area contributed by atoms with E-state index in [1.807, 2.05) is 0 Å². The lowest BCUT2D eigenvalue weighted by Gasteiger charge is -2.08. The van der Waals surface area contributed by atoms with Crippen LogP contribution in [-0.2, 0) is 9.59 Å². The molecule has 7 heteroatoms. The Morgan fingerprint density at radius 2 is 1.95 bits per heavy atom. The molecule has 6 nitrogen and oxygen atoms in total. The fraction of sp³-hybridized carbons (Fsp3) is 0.429. The number of ether oxygens (including phenoxy) is 1. The van der Waals surface area contributed by atoms with E-state index in [0.29, 0.717) is 18.8 Å². The van der Waals surface area contributed by atoms with Crippen LogP contribution in [0.1, 0.15) is 19.3 Å². The normalized spacial score (nSPS) is 11.7. The zero-order valence-electron chi connectivity index (χ0n) is 11.4. The second kappa shape index (κ2) is 8.91. The molecule has 1 aromatic carbocycles. The van der Waals surface area contributed by atoms with Crippen LogP contribution in [0.5, 0.6) is 5.75 Å². The summed E-state index contributed by atoms with van der Waals surface area (Å²) in [6, 6.07) is 5.58. The molecule has 0 saturated heterocycles. The maximum atomic E-state index is 12.6. The molecule has 1 rings (SSSR count). The number of rotatable bonds is 9. The van der Waals surface area contributed by atoms with Crippen molar-refractivity contribution in [1.82, 2.24) is 5.32 Å². The second-order valence-electron chi connectivity index (χ2n) is 4.40. The Labute approximate surface area is 121 Å². The number of carbonyl (C=O) groups is 2. The Hall–Kier alpha value is -2.15. The number of nitrogens with one attached hydrogen (secondary N) is 1. The van der Waals surface area contributed by atoms with Crippen LogP contribution in [-0.4, -0.2) is 41.3 Å². The van der Waals surface area contributed by atoms with E-state index in [1.54, 1.807) is 0 Å². The van der Waals surface area contributed by atoms with Gasteiger partial charge in [-0.15, -0.1) is 0 Å². The lowest BCUT2D eigenvalue weighted by molar-refractivity contribution is -0.147. The number of benzene rings is 1. The Morgan fingerprint density at radius 3 is 2.57 bits per heavy atom. The monoisotopic (exact) mass is 299 g/mol. The van der Waals surface area contributed by atoms with Crippen LogP contribution < -0.4 is 10.1 Å². The third kappa shape index (κ3) is 7.26. The number of aliphatic carboxylic acids is 1. The minimum atomic E-state index is -1.47. The molecular weight excluding hydrogens is 281 g/mol. The minimum Gasteiger partial charge on any atom is -0.494 e. The summed E-state index contributed by atoms with van der Waals surface area (Å²) in [5, 5.41) is 20.0. The van der Waals surface area contributed by atoms with Crippen LogP contribution in [0.25, 0.3) is 0 Å². The van der Waals surface area contributed by atoms with E-state index in [0.717, 1.165) is 0 Å². The Balaban J connectivity index is 2.08. The van der Waals surface area contributed by atoms with Crippen LogP contribution in [0.15, 0.2) is 24.3 Å². The summed E-state index contributed by atoms with van der Waals surface area (Å²) in [5.74, 6) is -1.36. The van der Waals surface area contributed by atoms with Gasteiger partial charge >= 0.3 is 5.97 Å². The smallest absolute Gasteiger partial charge is 0.332 e. The van der Waals surface area contributed by atoms with Crippen molar-refractivity contribution in [3.8, 4) is 5.75 Å². The van der Waals surface area contributed by atoms with Gasteiger partial charge < -0.3 is 20.3 Å². The summed E-state index contributed by atoms with van der Waals surface area (Å²) >= 11 is 0. The van der Waals surface area contributed by atoms with Crippen LogP contribution in [0, 0.1) is 5.82 Å². The van der Waals surface area contributed by atoms with Gasteiger partial charge in [0.2, 0.25) is 5.91 Å². The van der Waals surface area contributed by atoms with Crippen molar-refractivity contribution in [3.63, 3.8) is 0 Å². The number of halogens is 1. The summed E-state index contributed by atoms with van der Waals surface area (Å²) in [6.07, 6.45) is -0.797. The lowest BCUT2D eigenvalue weighted by Crippen LogP contribution is -2.30. The number of hydrogen-bond acceptors (Lipinski definition) is 4. The first-order valence-electron chi connectivity index (χ1n) is 6.55. The zero-order chi connectivity index (χ0) is 15.7. The Bertz CT molecular complexity index is 463. The fourth-order valence-electron chi connectivity index (χ4n) is 1.51. The average molecular weight is 299 g/mol. The molecule has 0 aliphatic rings. The quantitative estimate of drug-likeness (QED) is 0.590. The topological polar surface area (TPSA) is 95.9 Å². The summed E-state index contributed by atoms with van der Waals surface area (Å²) < 4.78 is 18.0. The largest absolute Gasteiger partial charge is 0.494 e. The van der Waals surface area contributed by atoms with Crippen molar-refractivity contribution in [2.75, 3.05) is 13.2 Å². The summed E-state index contributed by atoms with van der Waals surface area (Å²) in [6.45, 7) is 0.419. The lowest BCUT2D eigenvalue weighted by atomic mass is 10.2. The van der Waals surface area contributed by atoms with E-state index in [2.05, 4.69) is 5.32 Å². The molecule has 1 aromatic rings. The van der Waals surface area contributed by atoms with Gasteiger partial charge in [0.25, 0.3) is 0 Å². The van der Waals surface area contributed by atoms with Crippen molar-refractivity contribution < 1.29 is 28.9 Å². The molecule has 116 valence electrons. The predicted molar refractivity (Wildman–Crippen MR) is 72.4 cm³/mol. The van der Waals surface area contributed by atoms with Gasteiger partial charge in [0.1, 0.15) is 11.6 Å². The van der Waals surface area contributed by atoms with Crippen molar-refractivity contribution in [2.24, 2.45) is 0 Å². The second-order valence-corrected chi connectivity index (χ2v) is 4.40. The standard InChI is InChI=1S/C14H18FNO5/c15-10-3-5-11(6-4-10)21-9-1-2-13(18)16-8-7-12(17)14(19)20/h3-6,12,17H,1-2,7-9H2,(H,16,18)(H,19,20). The van der Waals surface area contributed by atoms with E-state index in [1.165, 1.54) is 24.3 Å². The highest BCUT2D eigenvalue weighted by molar-refractivity contribution is 5.76. The molecule has 0 fully saturated rings. The van der Waals surface area contributed by atoms with E-state index in [9.17, 15) is 14.0 Å². The van der Waals surface area contributed by atoms with E-state index in [-0.39, 0.29) is 31.1 Å². The molecular formula is C14H18FNO5.